The summed E-state index contributed by atoms with van der Waals surface area (Å²) in [6.07, 6.45) is 0. The van der Waals surface area contributed by atoms with Gasteiger partial charge in [0.2, 0.25) is 0 Å². The molecule has 2 aromatic rings. The molecular formula is C11H13N3OS. The van der Waals surface area contributed by atoms with Gasteiger partial charge in [0.25, 0.3) is 0 Å². The molecule has 0 radical (unpaired) electrons. The van der Waals surface area contributed by atoms with Crippen molar-refractivity contribution < 1.29 is 4.74 Å². The van der Waals surface area contributed by atoms with Crippen molar-refractivity contribution in [1.82, 2.24) is 9.97 Å². The molecule has 5 heteroatoms. The Hall–Kier alpha value is -1.20. The summed E-state index contributed by atoms with van der Waals surface area (Å²) in [6, 6.07) is 2.05. The normalized spacial score (nSPS) is 16.9. The molecule has 16 heavy (non-hydrogen) atoms. The van der Waals surface area contributed by atoms with E-state index in [0.29, 0.717) is 0 Å². The quantitative estimate of drug-likeness (QED) is 0.756. The molecule has 0 bridgehead atoms. The number of nitrogens with zero attached hydrogens (tertiary/aromatic N) is 3. The summed E-state index contributed by atoms with van der Waals surface area (Å²) in [5, 5.41) is 2.07. The SMILES string of the molecule is Cc1nc(N2CCOCC2)c2sccc2n1. The molecule has 0 aliphatic carbocycles. The van der Waals surface area contributed by atoms with Crippen LogP contribution < -0.4 is 4.90 Å². The van der Waals surface area contributed by atoms with Crippen LogP contribution in [0.25, 0.3) is 10.2 Å². The lowest BCUT2D eigenvalue weighted by Crippen LogP contribution is -2.36. The van der Waals surface area contributed by atoms with Gasteiger partial charge in [-0.3, -0.25) is 0 Å². The first-order valence-corrected chi connectivity index (χ1v) is 6.27. The van der Waals surface area contributed by atoms with Gasteiger partial charge in [-0.05, 0) is 18.4 Å². The van der Waals surface area contributed by atoms with E-state index in [9.17, 15) is 0 Å². The molecule has 1 saturated heterocycles. The minimum absolute atomic E-state index is 0.788. The van der Waals surface area contributed by atoms with Gasteiger partial charge in [0.1, 0.15) is 5.82 Å². The van der Waals surface area contributed by atoms with Crippen molar-refractivity contribution in [2.75, 3.05) is 31.2 Å². The average Bonchev–Trinajstić information content (AvgIpc) is 2.77. The number of aromatic nitrogens is 2. The van der Waals surface area contributed by atoms with Gasteiger partial charge in [-0.25, -0.2) is 9.97 Å². The molecular weight excluding hydrogens is 222 g/mol. The molecule has 0 unspecified atom stereocenters. The van der Waals surface area contributed by atoms with Crippen LogP contribution in [0.2, 0.25) is 0 Å². The topological polar surface area (TPSA) is 38.2 Å². The fourth-order valence-electron chi connectivity index (χ4n) is 1.95. The van der Waals surface area contributed by atoms with Crippen molar-refractivity contribution in [2.45, 2.75) is 6.92 Å². The number of morpholine rings is 1. The number of thiophene rings is 1. The molecule has 1 fully saturated rings. The zero-order valence-electron chi connectivity index (χ0n) is 9.14. The van der Waals surface area contributed by atoms with Gasteiger partial charge in [0, 0.05) is 13.1 Å². The Morgan fingerprint density at radius 2 is 2.12 bits per heavy atom. The Bertz CT molecular complexity index is 505. The highest BCUT2D eigenvalue weighted by molar-refractivity contribution is 7.17. The van der Waals surface area contributed by atoms with Crippen molar-refractivity contribution in [2.24, 2.45) is 0 Å². The zero-order chi connectivity index (χ0) is 11.0. The van der Waals surface area contributed by atoms with E-state index in [1.165, 1.54) is 4.70 Å². The third kappa shape index (κ3) is 1.66. The van der Waals surface area contributed by atoms with Crippen LogP contribution in [0.3, 0.4) is 0 Å². The van der Waals surface area contributed by atoms with E-state index in [-0.39, 0.29) is 0 Å². The maximum absolute atomic E-state index is 5.36. The molecule has 0 atom stereocenters. The van der Waals surface area contributed by atoms with Crippen LogP contribution in [0.1, 0.15) is 5.82 Å². The minimum Gasteiger partial charge on any atom is -0.378 e. The molecule has 3 rings (SSSR count). The summed E-state index contributed by atoms with van der Waals surface area (Å²) < 4.78 is 6.55. The van der Waals surface area contributed by atoms with Crippen LogP contribution in [-0.4, -0.2) is 36.3 Å². The molecule has 3 heterocycles. The number of anilines is 1. The summed E-state index contributed by atoms with van der Waals surface area (Å²) in [5.74, 6) is 1.91. The lowest BCUT2D eigenvalue weighted by molar-refractivity contribution is 0.122. The van der Waals surface area contributed by atoms with E-state index in [2.05, 4.69) is 26.3 Å². The fourth-order valence-corrected chi connectivity index (χ4v) is 2.80. The number of ether oxygens (including phenoxy) is 1. The molecule has 84 valence electrons. The van der Waals surface area contributed by atoms with Gasteiger partial charge in [0.15, 0.2) is 5.82 Å². The van der Waals surface area contributed by atoms with Crippen molar-refractivity contribution in [3.63, 3.8) is 0 Å². The number of aryl methyl sites for hydroxylation is 1. The Labute approximate surface area is 97.9 Å². The first-order valence-electron chi connectivity index (χ1n) is 5.39. The summed E-state index contributed by atoms with van der Waals surface area (Å²) in [7, 11) is 0. The van der Waals surface area contributed by atoms with Gasteiger partial charge < -0.3 is 9.64 Å². The first kappa shape index (κ1) is 9.99. The Kier molecular flexibility index (Phi) is 2.49. The van der Waals surface area contributed by atoms with Gasteiger partial charge >= 0.3 is 0 Å². The van der Waals surface area contributed by atoms with E-state index < -0.39 is 0 Å². The third-order valence-electron chi connectivity index (χ3n) is 2.71. The van der Waals surface area contributed by atoms with Crippen molar-refractivity contribution in [1.29, 1.82) is 0 Å². The van der Waals surface area contributed by atoms with Crippen molar-refractivity contribution in [3.05, 3.63) is 17.3 Å². The molecule has 0 N–H and O–H groups in total. The first-order chi connectivity index (χ1) is 7.84. The highest BCUT2D eigenvalue weighted by Gasteiger charge is 2.16. The van der Waals surface area contributed by atoms with Gasteiger partial charge in [0.05, 0.1) is 23.4 Å². The second-order valence-corrected chi connectivity index (χ2v) is 4.74. The lowest BCUT2D eigenvalue weighted by Gasteiger charge is -2.28. The van der Waals surface area contributed by atoms with E-state index in [1.54, 1.807) is 11.3 Å². The maximum atomic E-state index is 5.36. The molecule has 0 spiro atoms. The summed E-state index contributed by atoms with van der Waals surface area (Å²) in [6.45, 7) is 5.36. The largest absolute Gasteiger partial charge is 0.378 e. The molecule has 0 saturated carbocycles. The van der Waals surface area contributed by atoms with Gasteiger partial charge in [-0.15, -0.1) is 11.3 Å². The zero-order valence-corrected chi connectivity index (χ0v) is 9.96. The molecule has 0 aromatic carbocycles. The smallest absolute Gasteiger partial charge is 0.150 e. The second kappa shape index (κ2) is 3.99. The molecule has 1 aliphatic heterocycles. The molecule has 4 nitrogen and oxygen atoms in total. The van der Waals surface area contributed by atoms with Crippen molar-refractivity contribution >= 4 is 27.4 Å². The number of rotatable bonds is 1. The van der Waals surface area contributed by atoms with Crippen LogP contribution in [0.5, 0.6) is 0 Å². The maximum Gasteiger partial charge on any atom is 0.150 e. The Morgan fingerprint density at radius 3 is 2.94 bits per heavy atom. The average molecular weight is 235 g/mol. The van der Waals surface area contributed by atoms with Crippen LogP contribution in [-0.2, 0) is 4.74 Å². The monoisotopic (exact) mass is 235 g/mol. The van der Waals surface area contributed by atoms with Gasteiger partial charge in [-0.2, -0.15) is 0 Å². The molecule has 0 amide bonds. The fraction of sp³-hybridized carbons (Fsp3) is 0.455. The molecule has 1 aliphatic rings. The van der Waals surface area contributed by atoms with Crippen LogP contribution >= 0.6 is 11.3 Å². The van der Waals surface area contributed by atoms with Crippen molar-refractivity contribution in [3.8, 4) is 0 Å². The number of hydrogen-bond donors (Lipinski definition) is 0. The lowest BCUT2D eigenvalue weighted by atomic mass is 10.3. The third-order valence-corrected chi connectivity index (χ3v) is 3.61. The predicted molar refractivity (Wildman–Crippen MR) is 65.2 cm³/mol. The van der Waals surface area contributed by atoms with Crippen LogP contribution in [0.4, 0.5) is 5.82 Å². The summed E-state index contributed by atoms with van der Waals surface area (Å²) in [4.78, 5) is 11.3. The second-order valence-electron chi connectivity index (χ2n) is 3.83. The summed E-state index contributed by atoms with van der Waals surface area (Å²) in [5.41, 5.74) is 1.05. The number of hydrogen-bond acceptors (Lipinski definition) is 5. The van der Waals surface area contributed by atoms with Crippen LogP contribution in [0.15, 0.2) is 11.4 Å². The Morgan fingerprint density at radius 1 is 1.31 bits per heavy atom. The highest BCUT2D eigenvalue weighted by atomic mass is 32.1. The molecule has 2 aromatic heterocycles. The minimum atomic E-state index is 0.788. The Balaban J connectivity index is 2.09. The van der Waals surface area contributed by atoms with Gasteiger partial charge in [-0.1, -0.05) is 0 Å². The van der Waals surface area contributed by atoms with Crippen LogP contribution in [0, 0.1) is 6.92 Å². The number of fused-ring (bicyclic) bond motifs is 1. The van der Waals surface area contributed by atoms with E-state index in [1.807, 2.05) is 6.92 Å². The standard InChI is InChI=1S/C11H13N3OS/c1-8-12-9-2-7-16-10(9)11(13-8)14-3-5-15-6-4-14/h2,7H,3-6H2,1H3. The van der Waals surface area contributed by atoms with E-state index in [4.69, 9.17) is 4.74 Å². The summed E-state index contributed by atoms with van der Waals surface area (Å²) >= 11 is 1.71. The predicted octanol–water partition coefficient (Wildman–Crippen LogP) is 1.84. The highest BCUT2D eigenvalue weighted by Crippen LogP contribution is 2.29. The van der Waals surface area contributed by atoms with E-state index >= 15 is 0 Å². The van der Waals surface area contributed by atoms with E-state index in [0.717, 1.165) is 43.5 Å².